The summed E-state index contributed by atoms with van der Waals surface area (Å²) in [4.78, 5) is 5.30. The number of aromatic nitrogens is 1. The molecule has 0 fully saturated rings. The number of benzene rings is 1. The standard InChI is InChI=1S/C10H7FN2S/c11-7-3-1-2-6-9(7)12-4-8-10(6)14-5-13-8/h1-3,5,12H,4H2. The summed E-state index contributed by atoms with van der Waals surface area (Å²) in [5.41, 5.74) is 4.33. The van der Waals surface area contributed by atoms with Gasteiger partial charge in [-0.2, -0.15) is 0 Å². The van der Waals surface area contributed by atoms with Gasteiger partial charge in [-0.25, -0.2) is 9.37 Å². The number of nitrogens with one attached hydrogen (secondary N) is 1. The van der Waals surface area contributed by atoms with Crippen LogP contribution in [0.2, 0.25) is 0 Å². The maximum atomic E-state index is 13.4. The van der Waals surface area contributed by atoms with Gasteiger partial charge in [0.2, 0.25) is 0 Å². The highest BCUT2D eigenvalue weighted by atomic mass is 32.1. The molecule has 1 aromatic heterocycles. The molecular formula is C10H7FN2S. The number of halogens is 1. The maximum Gasteiger partial charge on any atom is 0.146 e. The fourth-order valence-electron chi connectivity index (χ4n) is 1.68. The first-order valence-electron chi connectivity index (χ1n) is 4.31. The number of hydrogen-bond acceptors (Lipinski definition) is 3. The second kappa shape index (κ2) is 2.78. The van der Waals surface area contributed by atoms with Gasteiger partial charge in [0.05, 0.1) is 28.3 Å². The lowest BCUT2D eigenvalue weighted by molar-refractivity contribution is 0.630. The third-order valence-electron chi connectivity index (χ3n) is 2.33. The Morgan fingerprint density at radius 2 is 2.36 bits per heavy atom. The summed E-state index contributed by atoms with van der Waals surface area (Å²) in [5, 5.41) is 3.04. The molecule has 0 saturated carbocycles. The van der Waals surface area contributed by atoms with Crippen molar-refractivity contribution in [3.63, 3.8) is 0 Å². The molecule has 0 saturated heterocycles. The van der Waals surface area contributed by atoms with E-state index in [2.05, 4.69) is 10.3 Å². The van der Waals surface area contributed by atoms with E-state index in [1.807, 2.05) is 6.07 Å². The zero-order valence-corrected chi connectivity index (χ0v) is 8.07. The first-order valence-corrected chi connectivity index (χ1v) is 5.19. The fourth-order valence-corrected chi connectivity index (χ4v) is 2.52. The number of hydrogen-bond donors (Lipinski definition) is 1. The monoisotopic (exact) mass is 206 g/mol. The summed E-state index contributed by atoms with van der Waals surface area (Å²) in [5.74, 6) is -0.193. The zero-order chi connectivity index (χ0) is 9.54. The van der Waals surface area contributed by atoms with Crippen LogP contribution in [0.1, 0.15) is 5.69 Å². The summed E-state index contributed by atoms with van der Waals surface area (Å²) >= 11 is 1.56. The highest BCUT2D eigenvalue weighted by molar-refractivity contribution is 7.13. The molecule has 2 heterocycles. The molecule has 0 amide bonds. The van der Waals surface area contributed by atoms with E-state index in [9.17, 15) is 4.39 Å². The van der Waals surface area contributed by atoms with Crippen LogP contribution in [0.3, 0.4) is 0 Å². The number of rotatable bonds is 0. The smallest absolute Gasteiger partial charge is 0.146 e. The van der Waals surface area contributed by atoms with Gasteiger partial charge in [-0.1, -0.05) is 12.1 Å². The molecule has 1 N–H and O–H groups in total. The molecule has 70 valence electrons. The summed E-state index contributed by atoms with van der Waals surface area (Å²) in [6.07, 6.45) is 0. The van der Waals surface area contributed by atoms with Gasteiger partial charge in [0, 0.05) is 5.56 Å². The number of fused-ring (bicyclic) bond motifs is 3. The molecule has 2 nitrogen and oxygen atoms in total. The van der Waals surface area contributed by atoms with Crippen molar-refractivity contribution in [1.82, 2.24) is 4.98 Å². The van der Waals surface area contributed by atoms with Crippen molar-refractivity contribution in [3.05, 3.63) is 35.2 Å². The van der Waals surface area contributed by atoms with E-state index in [1.165, 1.54) is 6.07 Å². The maximum absolute atomic E-state index is 13.4. The molecule has 1 aliphatic rings. The molecule has 0 aliphatic carbocycles. The van der Waals surface area contributed by atoms with E-state index in [0.717, 1.165) is 16.1 Å². The highest BCUT2D eigenvalue weighted by Gasteiger charge is 2.19. The van der Waals surface area contributed by atoms with E-state index in [1.54, 1.807) is 22.9 Å². The van der Waals surface area contributed by atoms with Crippen molar-refractivity contribution in [1.29, 1.82) is 0 Å². The molecule has 2 aromatic rings. The van der Waals surface area contributed by atoms with E-state index in [-0.39, 0.29) is 5.82 Å². The van der Waals surface area contributed by atoms with E-state index in [0.29, 0.717) is 12.2 Å². The Balaban J connectivity index is 2.31. The molecule has 0 bridgehead atoms. The van der Waals surface area contributed by atoms with Crippen LogP contribution in [-0.4, -0.2) is 4.98 Å². The quantitative estimate of drug-likeness (QED) is 0.717. The number of thiazole rings is 1. The lowest BCUT2D eigenvalue weighted by atomic mass is 10.1. The van der Waals surface area contributed by atoms with Crippen LogP contribution >= 0.6 is 11.3 Å². The van der Waals surface area contributed by atoms with Gasteiger partial charge >= 0.3 is 0 Å². The summed E-state index contributed by atoms with van der Waals surface area (Å²) in [7, 11) is 0. The Morgan fingerprint density at radius 1 is 1.43 bits per heavy atom. The third kappa shape index (κ3) is 0.974. The number of nitrogens with zero attached hydrogens (tertiary/aromatic N) is 1. The molecule has 0 spiro atoms. The van der Waals surface area contributed by atoms with Crippen LogP contribution in [0, 0.1) is 5.82 Å². The fraction of sp³-hybridized carbons (Fsp3) is 0.100. The van der Waals surface area contributed by atoms with Crippen molar-refractivity contribution in [2.75, 3.05) is 5.32 Å². The van der Waals surface area contributed by atoms with Crippen molar-refractivity contribution in [2.24, 2.45) is 0 Å². The van der Waals surface area contributed by atoms with Crippen molar-refractivity contribution < 1.29 is 4.39 Å². The predicted molar refractivity (Wildman–Crippen MR) is 54.8 cm³/mol. The minimum atomic E-state index is -0.193. The van der Waals surface area contributed by atoms with Crippen LogP contribution in [0.5, 0.6) is 0 Å². The van der Waals surface area contributed by atoms with Crippen LogP contribution in [0.4, 0.5) is 10.1 Å². The van der Waals surface area contributed by atoms with Gasteiger partial charge in [0.15, 0.2) is 0 Å². The van der Waals surface area contributed by atoms with E-state index in [4.69, 9.17) is 0 Å². The number of anilines is 1. The zero-order valence-electron chi connectivity index (χ0n) is 7.25. The van der Waals surface area contributed by atoms with Crippen LogP contribution in [0.15, 0.2) is 23.7 Å². The summed E-state index contributed by atoms with van der Waals surface area (Å²) in [6, 6.07) is 5.12. The number of para-hydroxylation sites is 1. The van der Waals surface area contributed by atoms with Gasteiger partial charge in [-0.15, -0.1) is 11.3 Å². The van der Waals surface area contributed by atoms with Gasteiger partial charge < -0.3 is 5.32 Å². The lowest BCUT2D eigenvalue weighted by Gasteiger charge is -2.17. The van der Waals surface area contributed by atoms with Crippen LogP contribution < -0.4 is 5.32 Å². The molecule has 14 heavy (non-hydrogen) atoms. The summed E-state index contributed by atoms with van der Waals surface area (Å²) < 4.78 is 13.4. The Bertz CT molecular complexity index is 493. The second-order valence-electron chi connectivity index (χ2n) is 3.14. The molecule has 3 rings (SSSR count). The molecular weight excluding hydrogens is 199 g/mol. The highest BCUT2D eigenvalue weighted by Crippen LogP contribution is 2.38. The van der Waals surface area contributed by atoms with E-state index < -0.39 is 0 Å². The van der Waals surface area contributed by atoms with Crippen LogP contribution in [-0.2, 0) is 6.54 Å². The topological polar surface area (TPSA) is 24.9 Å². The molecule has 0 unspecified atom stereocenters. The third-order valence-corrected chi connectivity index (χ3v) is 3.23. The lowest BCUT2D eigenvalue weighted by Crippen LogP contribution is -2.09. The Labute approximate surface area is 84.4 Å². The molecule has 0 radical (unpaired) electrons. The molecule has 1 aromatic carbocycles. The Morgan fingerprint density at radius 3 is 3.29 bits per heavy atom. The van der Waals surface area contributed by atoms with Gasteiger partial charge in [0.25, 0.3) is 0 Å². The van der Waals surface area contributed by atoms with E-state index >= 15 is 0 Å². The minimum absolute atomic E-state index is 0.193. The Kier molecular flexibility index (Phi) is 1.58. The van der Waals surface area contributed by atoms with Crippen molar-refractivity contribution in [2.45, 2.75) is 6.54 Å². The normalized spacial score (nSPS) is 12.9. The minimum Gasteiger partial charge on any atom is -0.376 e. The van der Waals surface area contributed by atoms with Crippen molar-refractivity contribution >= 4 is 17.0 Å². The average Bonchev–Trinajstić information content (AvgIpc) is 2.66. The van der Waals surface area contributed by atoms with Gasteiger partial charge in [-0.3, -0.25) is 0 Å². The molecule has 0 atom stereocenters. The Hall–Kier alpha value is -1.42. The largest absolute Gasteiger partial charge is 0.376 e. The molecule has 4 heteroatoms. The molecule has 1 aliphatic heterocycles. The van der Waals surface area contributed by atoms with Gasteiger partial charge in [0.1, 0.15) is 5.82 Å². The second-order valence-corrected chi connectivity index (χ2v) is 4.00. The van der Waals surface area contributed by atoms with Crippen LogP contribution in [0.25, 0.3) is 10.4 Å². The SMILES string of the molecule is Fc1cccc2c1NCc1ncsc1-2. The first-order chi connectivity index (χ1) is 6.86. The van der Waals surface area contributed by atoms with Gasteiger partial charge in [-0.05, 0) is 6.07 Å². The predicted octanol–water partition coefficient (Wildman–Crippen LogP) is 2.87. The first kappa shape index (κ1) is 7.94. The average molecular weight is 206 g/mol. The summed E-state index contributed by atoms with van der Waals surface area (Å²) in [6.45, 7) is 0.618. The van der Waals surface area contributed by atoms with Crippen molar-refractivity contribution in [3.8, 4) is 10.4 Å².